The zero-order chi connectivity index (χ0) is 20.7. The van der Waals surface area contributed by atoms with Crippen molar-refractivity contribution in [2.45, 2.75) is 6.43 Å². The summed E-state index contributed by atoms with van der Waals surface area (Å²) in [5.41, 5.74) is 1.17. The number of aromatic nitrogens is 5. The van der Waals surface area contributed by atoms with E-state index in [9.17, 15) is 8.78 Å². The minimum atomic E-state index is -2.76. The van der Waals surface area contributed by atoms with Crippen molar-refractivity contribution < 1.29 is 18.0 Å². The van der Waals surface area contributed by atoms with Crippen LogP contribution < -0.4 is 4.74 Å². The Bertz CT molecular complexity index is 1330. The van der Waals surface area contributed by atoms with E-state index in [1.54, 1.807) is 24.3 Å². The maximum atomic E-state index is 13.8. The minimum Gasteiger partial charge on any atom is -0.496 e. The van der Waals surface area contributed by atoms with Crippen LogP contribution in [-0.2, 0) is 0 Å². The molecular formula is C20H13F2N5O2S. The Balaban J connectivity index is 1.70. The fraction of sp³-hybridized carbons (Fsp3) is 0.100. The lowest BCUT2D eigenvalue weighted by Gasteiger charge is -2.10. The molecule has 5 aromatic rings. The molecule has 0 saturated heterocycles. The van der Waals surface area contributed by atoms with Gasteiger partial charge in [0.1, 0.15) is 17.0 Å². The maximum absolute atomic E-state index is 13.8. The summed E-state index contributed by atoms with van der Waals surface area (Å²) in [6.45, 7) is 0. The van der Waals surface area contributed by atoms with Gasteiger partial charge in [-0.2, -0.15) is 10.1 Å². The van der Waals surface area contributed by atoms with Crippen molar-refractivity contribution in [1.82, 2.24) is 24.7 Å². The van der Waals surface area contributed by atoms with E-state index in [2.05, 4.69) is 20.2 Å². The van der Waals surface area contributed by atoms with Crippen molar-refractivity contribution in [2.75, 3.05) is 7.11 Å². The molecule has 0 unspecified atom stereocenters. The summed E-state index contributed by atoms with van der Waals surface area (Å²) in [6, 6.07) is 12.1. The highest BCUT2D eigenvalue weighted by atomic mass is 32.1. The number of fused-ring (bicyclic) bond motifs is 1. The van der Waals surface area contributed by atoms with E-state index in [0.717, 1.165) is 9.39 Å². The fourth-order valence-electron chi connectivity index (χ4n) is 3.13. The third-order valence-corrected chi connectivity index (χ3v) is 5.37. The van der Waals surface area contributed by atoms with Gasteiger partial charge in [0, 0.05) is 5.56 Å². The van der Waals surface area contributed by atoms with Crippen LogP contribution >= 0.6 is 11.3 Å². The molecule has 0 spiro atoms. The normalized spacial score (nSPS) is 11.5. The molecule has 4 heterocycles. The molecule has 150 valence electrons. The summed E-state index contributed by atoms with van der Waals surface area (Å²) in [7, 11) is 1.51. The summed E-state index contributed by atoms with van der Waals surface area (Å²) in [5, 5.41) is 9.96. The molecule has 0 amide bonds. The van der Waals surface area contributed by atoms with Gasteiger partial charge in [0.2, 0.25) is 5.82 Å². The predicted octanol–water partition coefficient (Wildman–Crippen LogP) is 5.12. The van der Waals surface area contributed by atoms with Gasteiger partial charge in [0.25, 0.3) is 12.3 Å². The number of hydrogen-bond acceptors (Lipinski definition) is 7. The topological polar surface area (TPSA) is 78.3 Å². The largest absolute Gasteiger partial charge is 0.496 e. The molecule has 1 aromatic carbocycles. The van der Waals surface area contributed by atoms with Crippen molar-refractivity contribution in [2.24, 2.45) is 0 Å². The van der Waals surface area contributed by atoms with Crippen LogP contribution in [0.25, 0.3) is 39.1 Å². The van der Waals surface area contributed by atoms with Gasteiger partial charge in [-0.25, -0.2) is 18.3 Å². The SMILES string of the molecule is COc1ccccc1-c1cc(C(F)F)n2ncc(-c3nc(-c4cccs4)no3)c2n1. The van der Waals surface area contributed by atoms with Gasteiger partial charge in [-0.15, -0.1) is 11.3 Å². The molecule has 0 aliphatic heterocycles. The summed E-state index contributed by atoms with van der Waals surface area (Å²) in [6.07, 6.45) is -1.37. The van der Waals surface area contributed by atoms with Gasteiger partial charge in [0.15, 0.2) is 5.65 Å². The third-order valence-electron chi connectivity index (χ3n) is 4.50. The van der Waals surface area contributed by atoms with Crippen LogP contribution in [0.3, 0.4) is 0 Å². The molecule has 0 fully saturated rings. The molecule has 30 heavy (non-hydrogen) atoms. The van der Waals surface area contributed by atoms with E-state index in [4.69, 9.17) is 9.26 Å². The summed E-state index contributed by atoms with van der Waals surface area (Å²) < 4.78 is 39.4. The van der Waals surface area contributed by atoms with Crippen LogP contribution in [0.2, 0.25) is 0 Å². The first kappa shape index (κ1) is 18.4. The number of thiophene rings is 1. The quantitative estimate of drug-likeness (QED) is 0.389. The zero-order valence-electron chi connectivity index (χ0n) is 15.5. The number of rotatable bonds is 5. The lowest BCUT2D eigenvalue weighted by Crippen LogP contribution is -2.03. The highest BCUT2D eigenvalue weighted by Crippen LogP contribution is 2.34. The second-order valence-electron chi connectivity index (χ2n) is 6.26. The predicted molar refractivity (Wildman–Crippen MR) is 107 cm³/mol. The molecule has 7 nitrogen and oxygen atoms in total. The first-order chi connectivity index (χ1) is 14.7. The number of para-hydroxylation sites is 1. The van der Waals surface area contributed by atoms with E-state index in [1.165, 1.54) is 30.7 Å². The Hall–Kier alpha value is -3.66. The van der Waals surface area contributed by atoms with E-state index in [0.29, 0.717) is 28.4 Å². The Labute approximate surface area is 172 Å². The van der Waals surface area contributed by atoms with Crippen LogP contribution in [-0.4, -0.2) is 31.8 Å². The molecule has 0 N–H and O–H groups in total. The number of halogens is 2. The first-order valence-electron chi connectivity index (χ1n) is 8.84. The van der Waals surface area contributed by atoms with E-state index in [-0.39, 0.29) is 17.2 Å². The average molecular weight is 425 g/mol. The van der Waals surface area contributed by atoms with Gasteiger partial charge in [-0.3, -0.25) is 0 Å². The van der Waals surface area contributed by atoms with Crippen molar-refractivity contribution in [3.8, 4) is 39.2 Å². The number of methoxy groups -OCH3 is 1. The molecule has 0 radical (unpaired) electrons. The standard InChI is InChI=1S/C20H13F2N5O2S/c1-28-15-6-3-2-5-11(15)13-9-14(17(21)22)27-19(24-13)12(10-23-27)20-25-18(26-29-20)16-7-4-8-30-16/h2-10,17H,1H3. The first-order valence-corrected chi connectivity index (χ1v) is 9.72. The fourth-order valence-corrected chi connectivity index (χ4v) is 3.77. The van der Waals surface area contributed by atoms with Gasteiger partial charge in [-0.05, 0) is 29.6 Å². The van der Waals surface area contributed by atoms with Crippen LogP contribution in [0.1, 0.15) is 12.1 Å². The Morgan fingerprint density at radius 1 is 1.10 bits per heavy atom. The molecule has 5 rings (SSSR count). The molecule has 0 aliphatic carbocycles. The maximum Gasteiger partial charge on any atom is 0.280 e. The van der Waals surface area contributed by atoms with E-state index in [1.807, 2.05) is 17.5 Å². The molecule has 0 atom stereocenters. The molecule has 10 heteroatoms. The van der Waals surface area contributed by atoms with E-state index >= 15 is 0 Å². The number of benzene rings is 1. The molecular weight excluding hydrogens is 412 g/mol. The van der Waals surface area contributed by atoms with Crippen LogP contribution in [0, 0.1) is 0 Å². The van der Waals surface area contributed by atoms with Crippen molar-refractivity contribution in [3.63, 3.8) is 0 Å². The second-order valence-corrected chi connectivity index (χ2v) is 7.21. The Morgan fingerprint density at radius 3 is 2.73 bits per heavy atom. The average Bonchev–Trinajstić information content (AvgIpc) is 3.52. The highest BCUT2D eigenvalue weighted by Gasteiger charge is 2.23. The van der Waals surface area contributed by atoms with Gasteiger partial charge in [-0.1, -0.05) is 23.4 Å². The van der Waals surface area contributed by atoms with Crippen molar-refractivity contribution in [3.05, 3.63) is 59.7 Å². The van der Waals surface area contributed by atoms with Crippen molar-refractivity contribution in [1.29, 1.82) is 0 Å². The molecule has 0 bridgehead atoms. The van der Waals surface area contributed by atoms with Gasteiger partial charge >= 0.3 is 0 Å². The zero-order valence-corrected chi connectivity index (χ0v) is 16.3. The highest BCUT2D eigenvalue weighted by molar-refractivity contribution is 7.13. The van der Waals surface area contributed by atoms with Crippen LogP contribution in [0.5, 0.6) is 5.75 Å². The lowest BCUT2D eigenvalue weighted by atomic mass is 10.1. The van der Waals surface area contributed by atoms with Crippen LogP contribution in [0.4, 0.5) is 8.78 Å². The minimum absolute atomic E-state index is 0.151. The Kier molecular flexibility index (Phi) is 4.47. The summed E-state index contributed by atoms with van der Waals surface area (Å²) in [4.78, 5) is 9.78. The molecule has 0 aliphatic rings. The van der Waals surface area contributed by atoms with Gasteiger partial charge < -0.3 is 9.26 Å². The van der Waals surface area contributed by atoms with Crippen molar-refractivity contribution >= 4 is 17.0 Å². The summed E-state index contributed by atoms with van der Waals surface area (Å²) in [5.74, 6) is 1.08. The second kappa shape index (κ2) is 7.30. The molecule has 0 saturated carbocycles. The van der Waals surface area contributed by atoms with E-state index < -0.39 is 6.43 Å². The molecule has 4 aromatic heterocycles. The summed E-state index contributed by atoms with van der Waals surface area (Å²) >= 11 is 1.47. The smallest absolute Gasteiger partial charge is 0.280 e. The number of ether oxygens (including phenoxy) is 1. The van der Waals surface area contributed by atoms with Gasteiger partial charge in [0.05, 0.1) is 23.9 Å². The monoisotopic (exact) mass is 425 g/mol. The lowest BCUT2D eigenvalue weighted by molar-refractivity contribution is 0.143. The number of nitrogens with zero attached hydrogens (tertiary/aromatic N) is 5. The number of alkyl halides is 2. The van der Waals surface area contributed by atoms with Crippen LogP contribution in [0.15, 0.2) is 58.6 Å². The third kappa shape index (κ3) is 3.01. The number of hydrogen-bond donors (Lipinski definition) is 0. The Morgan fingerprint density at radius 2 is 1.97 bits per heavy atom.